The van der Waals surface area contributed by atoms with Gasteiger partial charge in [-0.25, -0.2) is 0 Å². The van der Waals surface area contributed by atoms with Gasteiger partial charge in [0.25, 0.3) is 0 Å². The minimum Gasteiger partial charge on any atom is -0.288 e. The lowest BCUT2D eigenvalue weighted by molar-refractivity contribution is 0.937. The molecule has 1 aromatic carbocycles. The first-order valence-electron chi connectivity index (χ1n) is 6.30. The van der Waals surface area contributed by atoms with Gasteiger partial charge in [0.1, 0.15) is 5.69 Å². The summed E-state index contributed by atoms with van der Waals surface area (Å²) in [6.07, 6.45) is 3.72. The summed E-state index contributed by atoms with van der Waals surface area (Å²) in [6.45, 7) is 4.05. The number of aromatic amines is 1. The van der Waals surface area contributed by atoms with E-state index in [2.05, 4.69) is 21.8 Å². The summed E-state index contributed by atoms with van der Waals surface area (Å²) in [7, 11) is 0. The van der Waals surface area contributed by atoms with Crippen molar-refractivity contribution in [2.75, 3.05) is 0 Å². The maximum atomic E-state index is 11.7. The highest BCUT2D eigenvalue weighted by Gasteiger charge is 2.06. The van der Waals surface area contributed by atoms with Crippen molar-refractivity contribution in [3.8, 4) is 0 Å². The second-order valence-corrected chi connectivity index (χ2v) is 4.58. The topological polar surface area (TPSA) is 58.6 Å². The van der Waals surface area contributed by atoms with Crippen molar-refractivity contribution in [1.82, 2.24) is 15.2 Å². The number of H-pyrrole nitrogens is 1. The zero-order valence-corrected chi connectivity index (χ0v) is 10.8. The Hall–Kier alpha value is -2.75. The number of fused-ring (bicyclic) bond motifs is 1. The van der Waals surface area contributed by atoms with E-state index in [0.29, 0.717) is 12.1 Å². The molecular weight excluding hydrogens is 250 g/mol. The fourth-order valence-corrected chi connectivity index (χ4v) is 2.11. The van der Waals surface area contributed by atoms with Crippen LogP contribution >= 0.6 is 0 Å². The number of pyridine rings is 1. The molecule has 0 fully saturated rings. The van der Waals surface area contributed by atoms with Crippen molar-refractivity contribution >= 4 is 16.5 Å². The number of hydrogen-bond acceptors (Lipinski definition) is 3. The maximum absolute atomic E-state index is 11.7. The average Bonchev–Trinajstić information content (AvgIpc) is 2.49. The predicted octanol–water partition coefficient (Wildman–Crippen LogP) is 2.57. The van der Waals surface area contributed by atoms with E-state index in [4.69, 9.17) is 0 Å². The Kier molecular flexibility index (Phi) is 3.13. The van der Waals surface area contributed by atoms with Crippen LogP contribution in [0.3, 0.4) is 0 Å². The summed E-state index contributed by atoms with van der Waals surface area (Å²) in [5.74, 6) is 0. The first-order chi connectivity index (χ1) is 9.74. The summed E-state index contributed by atoms with van der Waals surface area (Å²) >= 11 is 0. The molecule has 0 unspecified atom stereocenters. The van der Waals surface area contributed by atoms with Crippen LogP contribution < -0.4 is 5.43 Å². The van der Waals surface area contributed by atoms with Gasteiger partial charge in [0.2, 0.25) is 5.43 Å². The second kappa shape index (κ2) is 5.09. The predicted molar refractivity (Wildman–Crippen MR) is 79.3 cm³/mol. The van der Waals surface area contributed by atoms with Crippen LogP contribution in [0, 0.1) is 0 Å². The third kappa shape index (κ3) is 2.36. The molecule has 0 saturated carbocycles. The molecule has 0 saturated heterocycles. The van der Waals surface area contributed by atoms with Gasteiger partial charge >= 0.3 is 0 Å². The van der Waals surface area contributed by atoms with E-state index in [9.17, 15) is 4.79 Å². The Balaban J connectivity index is 1.93. The number of nitrogens with one attached hydrogen (secondary N) is 1. The van der Waals surface area contributed by atoms with Crippen LogP contribution in [0.4, 0.5) is 0 Å². The van der Waals surface area contributed by atoms with Gasteiger partial charge in [0.15, 0.2) is 0 Å². The highest BCUT2D eigenvalue weighted by atomic mass is 16.1. The van der Waals surface area contributed by atoms with Crippen LogP contribution in [0.25, 0.3) is 16.5 Å². The van der Waals surface area contributed by atoms with E-state index in [0.717, 1.165) is 22.0 Å². The molecular formula is C16H13N3O. The van der Waals surface area contributed by atoms with Gasteiger partial charge in [-0.15, -0.1) is 0 Å². The Bertz CT molecular complexity index is 836. The van der Waals surface area contributed by atoms with Crippen molar-refractivity contribution in [3.63, 3.8) is 0 Å². The highest BCUT2D eigenvalue weighted by Crippen LogP contribution is 2.20. The molecule has 20 heavy (non-hydrogen) atoms. The summed E-state index contributed by atoms with van der Waals surface area (Å²) in [4.78, 5) is 15.9. The highest BCUT2D eigenvalue weighted by molar-refractivity contribution is 5.83. The molecule has 0 aliphatic carbocycles. The molecule has 0 aliphatic heterocycles. The summed E-state index contributed by atoms with van der Waals surface area (Å²) in [5, 5.41) is 7.74. The minimum absolute atomic E-state index is 0.0765. The largest absolute Gasteiger partial charge is 0.288 e. The molecule has 0 aliphatic rings. The number of benzene rings is 1. The number of aromatic nitrogens is 3. The van der Waals surface area contributed by atoms with E-state index in [1.807, 2.05) is 30.3 Å². The zero-order chi connectivity index (χ0) is 13.9. The van der Waals surface area contributed by atoms with Gasteiger partial charge in [-0.1, -0.05) is 18.7 Å². The van der Waals surface area contributed by atoms with Crippen molar-refractivity contribution in [1.29, 1.82) is 0 Å². The summed E-state index contributed by atoms with van der Waals surface area (Å²) < 4.78 is 0. The first kappa shape index (κ1) is 12.3. The smallest absolute Gasteiger partial charge is 0.203 e. The fraction of sp³-hybridized carbons (Fsp3) is 0.0625. The molecule has 3 rings (SSSR count). The van der Waals surface area contributed by atoms with E-state index < -0.39 is 0 Å². The fourth-order valence-electron chi connectivity index (χ4n) is 2.11. The van der Waals surface area contributed by atoms with Gasteiger partial charge < -0.3 is 0 Å². The molecule has 98 valence electrons. The zero-order valence-electron chi connectivity index (χ0n) is 10.8. The molecule has 2 aromatic heterocycles. The minimum atomic E-state index is -0.0765. The summed E-state index contributed by atoms with van der Waals surface area (Å²) in [6, 6.07) is 11.3. The van der Waals surface area contributed by atoms with E-state index in [-0.39, 0.29) is 5.43 Å². The van der Waals surface area contributed by atoms with Gasteiger partial charge in [-0.3, -0.25) is 14.9 Å². The Morgan fingerprint density at radius 1 is 1.25 bits per heavy atom. The SMILES string of the molecule is C=C(Cc1n[nH]ccc1=O)c1ccc2ncccc2c1. The lowest BCUT2D eigenvalue weighted by atomic mass is 10.0. The normalized spacial score (nSPS) is 10.6. The van der Waals surface area contributed by atoms with Gasteiger partial charge in [-0.2, -0.15) is 5.10 Å². The summed E-state index contributed by atoms with van der Waals surface area (Å²) in [5.41, 5.74) is 3.20. The molecule has 0 bridgehead atoms. The first-order valence-corrected chi connectivity index (χ1v) is 6.30. The second-order valence-electron chi connectivity index (χ2n) is 4.58. The van der Waals surface area contributed by atoms with Crippen LogP contribution in [-0.4, -0.2) is 15.2 Å². The number of nitrogens with zero attached hydrogens (tertiary/aromatic N) is 2. The number of hydrogen-bond donors (Lipinski definition) is 1. The van der Waals surface area contributed by atoms with Crippen LogP contribution in [0.5, 0.6) is 0 Å². The molecule has 0 radical (unpaired) electrons. The van der Waals surface area contributed by atoms with E-state index in [1.165, 1.54) is 12.3 Å². The molecule has 0 amide bonds. The Morgan fingerprint density at radius 2 is 2.15 bits per heavy atom. The van der Waals surface area contributed by atoms with E-state index >= 15 is 0 Å². The third-order valence-corrected chi connectivity index (χ3v) is 3.19. The molecule has 0 atom stereocenters. The monoisotopic (exact) mass is 263 g/mol. The van der Waals surface area contributed by atoms with Crippen LogP contribution in [0.1, 0.15) is 11.3 Å². The molecule has 4 heteroatoms. The van der Waals surface area contributed by atoms with Crippen molar-refractivity contribution in [3.05, 3.63) is 76.9 Å². The Morgan fingerprint density at radius 3 is 3.00 bits per heavy atom. The maximum Gasteiger partial charge on any atom is 0.203 e. The molecule has 0 spiro atoms. The molecule has 3 aromatic rings. The van der Waals surface area contributed by atoms with Crippen LogP contribution in [-0.2, 0) is 6.42 Å². The quantitative estimate of drug-likeness (QED) is 0.790. The van der Waals surface area contributed by atoms with Crippen molar-refractivity contribution in [2.45, 2.75) is 6.42 Å². The average molecular weight is 263 g/mol. The molecule has 4 nitrogen and oxygen atoms in total. The lowest BCUT2D eigenvalue weighted by Crippen LogP contribution is -2.11. The number of allylic oxidation sites excluding steroid dienone is 1. The Labute approximate surface area is 115 Å². The molecule has 1 N–H and O–H groups in total. The van der Waals surface area contributed by atoms with Crippen LogP contribution in [0.2, 0.25) is 0 Å². The van der Waals surface area contributed by atoms with Gasteiger partial charge in [-0.05, 0) is 29.3 Å². The standard InChI is InChI=1S/C16H13N3O/c1-11(9-15-16(20)6-8-18-19-15)12-4-5-14-13(10-12)3-2-7-17-14/h2-8,10H,1,9H2,(H,18,20). The third-order valence-electron chi connectivity index (χ3n) is 3.19. The lowest BCUT2D eigenvalue weighted by Gasteiger charge is -2.06. The van der Waals surface area contributed by atoms with Crippen LogP contribution in [0.15, 0.2) is 60.2 Å². The van der Waals surface area contributed by atoms with E-state index in [1.54, 1.807) is 6.20 Å². The van der Waals surface area contributed by atoms with Gasteiger partial charge in [0.05, 0.1) is 5.52 Å². The number of rotatable bonds is 3. The van der Waals surface area contributed by atoms with Gasteiger partial charge in [0, 0.05) is 30.3 Å². The van der Waals surface area contributed by atoms with Crippen molar-refractivity contribution in [2.24, 2.45) is 0 Å². The van der Waals surface area contributed by atoms with Crippen molar-refractivity contribution < 1.29 is 0 Å². The molecule has 2 heterocycles.